The van der Waals surface area contributed by atoms with Crippen LogP contribution in [0.2, 0.25) is 0 Å². The first-order chi connectivity index (χ1) is 10.0. The van der Waals surface area contributed by atoms with Gasteiger partial charge in [-0.3, -0.25) is 4.79 Å². The van der Waals surface area contributed by atoms with E-state index >= 15 is 0 Å². The van der Waals surface area contributed by atoms with E-state index in [0.717, 1.165) is 17.2 Å². The molecule has 1 amide bonds. The third-order valence-corrected chi connectivity index (χ3v) is 3.61. The van der Waals surface area contributed by atoms with Gasteiger partial charge in [0, 0.05) is 17.3 Å². The predicted molar refractivity (Wildman–Crippen MR) is 75.4 cm³/mol. The Balaban J connectivity index is 2.32. The van der Waals surface area contributed by atoms with Crippen molar-refractivity contribution in [2.45, 2.75) is 13.3 Å². The number of carbonyl (C=O) groups is 1. The van der Waals surface area contributed by atoms with Crippen LogP contribution in [0.15, 0.2) is 24.3 Å². The van der Waals surface area contributed by atoms with Gasteiger partial charge in [0.05, 0.1) is 13.5 Å². The molecule has 0 aromatic heterocycles. The summed E-state index contributed by atoms with van der Waals surface area (Å²) in [6.45, 7) is 1.83. The van der Waals surface area contributed by atoms with Crippen molar-refractivity contribution < 1.29 is 18.3 Å². The summed E-state index contributed by atoms with van der Waals surface area (Å²) in [6.07, 6.45) is 0.188. The summed E-state index contributed by atoms with van der Waals surface area (Å²) in [5.41, 5.74) is 3.20. The number of amides is 1. The van der Waals surface area contributed by atoms with E-state index in [1.54, 1.807) is 6.07 Å². The average Bonchev–Trinajstić information content (AvgIpc) is 2.78. The summed E-state index contributed by atoms with van der Waals surface area (Å²) >= 11 is 0. The van der Waals surface area contributed by atoms with Gasteiger partial charge in [-0.15, -0.1) is 0 Å². The van der Waals surface area contributed by atoms with E-state index in [2.05, 4.69) is 5.32 Å². The van der Waals surface area contributed by atoms with Crippen LogP contribution >= 0.6 is 0 Å². The summed E-state index contributed by atoms with van der Waals surface area (Å²) < 4.78 is 32.6. The van der Waals surface area contributed by atoms with Crippen molar-refractivity contribution in [2.75, 3.05) is 12.4 Å². The first kappa shape index (κ1) is 13.5. The summed E-state index contributed by atoms with van der Waals surface area (Å²) in [6, 6.07) is 5.61. The lowest BCUT2D eigenvalue weighted by atomic mass is 9.92. The number of nitrogens with one attached hydrogen (secondary N) is 1. The Labute approximate surface area is 120 Å². The lowest BCUT2D eigenvalue weighted by Gasteiger charge is -2.15. The number of halogens is 2. The largest absolute Gasteiger partial charge is 0.493 e. The smallest absolute Gasteiger partial charge is 0.228 e. The molecule has 3 rings (SSSR count). The van der Waals surface area contributed by atoms with Crippen LogP contribution < -0.4 is 10.1 Å². The van der Waals surface area contributed by atoms with Gasteiger partial charge in [0.2, 0.25) is 5.91 Å². The molecule has 1 aliphatic heterocycles. The minimum Gasteiger partial charge on any atom is -0.493 e. The van der Waals surface area contributed by atoms with Crippen LogP contribution in [0.5, 0.6) is 5.75 Å². The molecule has 3 nitrogen and oxygen atoms in total. The van der Waals surface area contributed by atoms with Gasteiger partial charge in [-0.05, 0) is 35.7 Å². The van der Waals surface area contributed by atoms with Gasteiger partial charge in [-0.1, -0.05) is 6.07 Å². The minimum absolute atomic E-state index is 0.0211. The Hall–Kier alpha value is -2.43. The van der Waals surface area contributed by atoms with Gasteiger partial charge in [0.15, 0.2) is 11.6 Å². The van der Waals surface area contributed by atoms with Gasteiger partial charge < -0.3 is 10.1 Å². The Morgan fingerprint density at radius 1 is 1.24 bits per heavy atom. The van der Waals surface area contributed by atoms with Crippen LogP contribution in [0.3, 0.4) is 0 Å². The fraction of sp³-hybridized carbons (Fsp3) is 0.188. The fourth-order valence-electron chi connectivity index (χ4n) is 2.75. The molecule has 0 radical (unpaired) electrons. The van der Waals surface area contributed by atoms with E-state index in [9.17, 15) is 13.6 Å². The zero-order valence-corrected chi connectivity index (χ0v) is 11.6. The number of aryl methyl sites for hydroxylation is 1. The number of methoxy groups -OCH3 is 1. The molecule has 21 heavy (non-hydrogen) atoms. The molecule has 2 aromatic carbocycles. The zero-order chi connectivity index (χ0) is 15.1. The number of benzene rings is 2. The molecule has 1 aliphatic rings. The molecule has 2 aromatic rings. The lowest BCUT2D eigenvalue weighted by Crippen LogP contribution is -2.03. The molecule has 0 atom stereocenters. The first-order valence-electron chi connectivity index (χ1n) is 6.47. The van der Waals surface area contributed by atoms with Crippen molar-refractivity contribution in [1.29, 1.82) is 0 Å². The van der Waals surface area contributed by atoms with Crippen LogP contribution in [-0.4, -0.2) is 13.0 Å². The Kier molecular flexibility index (Phi) is 3.12. The monoisotopic (exact) mass is 289 g/mol. The second kappa shape index (κ2) is 4.84. The topological polar surface area (TPSA) is 38.3 Å². The van der Waals surface area contributed by atoms with Crippen LogP contribution in [0, 0.1) is 18.6 Å². The van der Waals surface area contributed by atoms with Crippen molar-refractivity contribution in [3.8, 4) is 16.9 Å². The number of ether oxygens (including phenoxy) is 1. The highest BCUT2D eigenvalue weighted by Crippen LogP contribution is 2.41. The Morgan fingerprint density at radius 3 is 2.71 bits per heavy atom. The highest BCUT2D eigenvalue weighted by atomic mass is 19.1. The Morgan fingerprint density at radius 2 is 2.00 bits per heavy atom. The lowest BCUT2D eigenvalue weighted by molar-refractivity contribution is -0.115. The quantitative estimate of drug-likeness (QED) is 0.919. The molecule has 0 aliphatic carbocycles. The number of hydrogen-bond donors (Lipinski definition) is 1. The number of hydrogen-bond acceptors (Lipinski definition) is 2. The summed E-state index contributed by atoms with van der Waals surface area (Å²) in [5.74, 6) is -1.60. The summed E-state index contributed by atoms with van der Waals surface area (Å²) in [5, 5.41) is 2.73. The maximum absolute atomic E-state index is 13.9. The van der Waals surface area contributed by atoms with E-state index in [1.807, 2.05) is 13.0 Å². The maximum atomic E-state index is 13.9. The second-order valence-corrected chi connectivity index (χ2v) is 4.98. The molecule has 0 saturated heterocycles. The Bertz CT molecular complexity index is 756. The molecule has 0 unspecified atom stereocenters. The second-order valence-electron chi connectivity index (χ2n) is 4.98. The van der Waals surface area contributed by atoms with Crippen LogP contribution in [0.1, 0.15) is 11.1 Å². The average molecular weight is 289 g/mol. The third-order valence-electron chi connectivity index (χ3n) is 3.61. The van der Waals surface area contributed by atoms with Crippen LogP contribution in [-0.2, 0) is 11.2 Å². The molecule has 0 bridgehead atoms. The van der Waals surface area contributed by atoms with Gasteiger partial charge in [0.1, 0.15) is 5.82 Å². The minimum atomic E-state index is -0.762. The highest BCUT2D eigenvalue weighted by Gasteiger charge is 2.25. The summed E-state index contributed by atoms with van der Waals surface area (Å²) in [7, 11) is 1.34. The van der Waals surface area contributed by atoms with Gasteiger partial charge in [0.25, 0.3) is 0 Å². The van der Waals surface area contributed by atoms with Crippen molar-refractivity contribution in [2.24, 2.45) is 0 Å². The summed E-state index contributed by atoms with van der Waals surface area (Å²) in [4.78, 5) is 11.6. The van der Waals surface area contributed by atoms with Gasteiger partial charge in [-0.25, -0.2) is 8.78 Å². The molecule has 0 saturated carbocycles. The standard InChI is InChI=1S/C16H13F2NO2/c1-8-3-4-13-10(7-14(20)19-13)15(8)11-5-9(17)6-12(18)16(11)21-2/h3-6H,7H2,1-2H3,(H,19,20). The fourth-order valence-corrected chi connectivity index (χ4v) is 2.75. The molecular formula is C16H13F2NO2. The molecule has 0 fully saturated rings. The van der Waals surface area contributed by atoms with E-state index in [-0.39, 0.29) is 18.1 Å². The van der Waals surface area contributed by atoms with Crippen molar-refractivity contribution in [1.82, 2.24) is 0 Å². The highest BCUT2D eigenvalue weighted by molar-refractivity contribution is 6.02. The number of anilines is 1. The zero-order valence-electron chi connectivity index (χ0n) is 11.6. The normalized spacial score (nSPS) is 13.0. The molecule has 0 spiro atoms. The molecule has 108 valence electrons. The number of rotatable bonds is 2. The van der Waals surface area contributed by atoms with Crippen LogP contribution in [0.25, 0.3) is 11.1 Å². The van der Waals surface area contributed by atoms with Crippen LogP contribution in [0.4, 0.5) is 14.5 Å². The van der Waals surface area contributed by atoms with E-state index in [1.165, 1.54) is 13.2 Å². The number of carbonyl (C=O) groups excluding carboxylic acids is 1. The first-order valence-corrected chi connectivity index (χ1v) is 6.47. The van der Waals surface area contributed by atoms with Crippen molar-refractivity contribution >= 4 is 11.6 Å². The molecule has 1 heterocycles. The van der Waals surface area contributed by atoms with Crippen molar-refractivity contribution in [3.05, 3.63) is 47.0 Å². The number of fused-ring (bicyclic) bond motifs is 1. The van der Waals surface area contributed by atoms with Crippen molar-refractivity contribution in [3.63, 3.8) is 0 Å². The molecule has 1 N–H and O–H groups in total. The SMILES string of the molecule is COc1c(F)cc(F)cc1-c1c(C)ccc2c1CC(=O)N2. The van der Waals surface area contributed by atoms with E-state index in [4.69, 9.17) is 4.74 Å². The van der Waals surface area contributed by atoms with E-state index in [0.29, 0.717) is 16.8 Å². The third kappa shape index (κ3) is 2.14. The van der Waals surface area contributed by atoms with Gasteiger partial charge >= 0.3 is 0 Å². The maximum Gasteiger partial charge on any atom is 0.228 e. The predicted octanol–water partition coefficient (Wildman–Crippen LogP) is 3.44. The van der Waals surface area contributed by atoms with Gasteiger partial charge in [-0.2, -0.15) is 0 Å². The molecular weight excluding hydrogens is 276 g/mol. The molecule has 5 heteroatoms. The van der Waals surface area contributed by atoms with E-state index < -0.39 is 11.6 Å².